The maximum atomic E-state index is 6.67. The van der Waals surface area contributed by atoms with Crippen LogP contribution in [0.4, 0.5) is 0 Å². The monoisotopic (exact) mass is 517 g/mol. The van der Waals surface area contributed by atoms with Crippen molar-refractivity contribution in [2.24, 2.45) is 0 Å². The summed E-state index contributed by atoms with van der Waals surface area (Å²) in [4.78, 5) is 2.65. The van der Waals surface area contributed by atoms with Crippen LogP contribution in [0.25, 0.3) is 5.70 Å². The number of nitrogens with zero attached hydrogens (tertiary/aromatic N) is 1. The van der Waals surface area contributed by atoms with Crippen LogP contribution in [0.2, 0.25) is 26.2 Å². The highest BCUT2D eigenvalue weighted by atomic mass is 28.3. The van der Waals surface area contributed by atoms with Crippen LogP contribution in [0.5, 0.6) is 5.75 Å². The number of fused-ring (bicyclic) bond motifs is 1. The maximum absolute atomic E-state index is 6.67. The molecule has 2 aromatic rings. The Labute approximate surface area is 223 Å². The number of rotatable bonds is 7. The second-order valence-corrected chi connectivity index (χ2v) is 20.2. The highest BCUT2D eigenvalue weighted by Crippen LogP contribution is 2.44. The van der Waals surface area contributed by atoms with Gasteiger partial charge in [0.05, 0.1) is 16.9 Å². The molecule has 0 aromatic heterocycles. The lowest BCUT2D eigenvalue weighted by Crippen LogP contribution is -2.50. The molecule has 1 aliphatic heterocycles. The Morgan fingerprint density at radius 2 is 1.78 bits per heavy atom. The molecule has 2 aliphatic rings. The van der Waals surface area contributed by atoms with Gasteiger partial charge < -0.3 is 9.64 Å². The smallest absolute Gasteiger partial charge is 0.122 e. The lowest BCUT2D eigenvalue weighted by Gasteiger charge is -2.37. The Balaban J connectivity index is 1.93. The minimum absolute atomic E-state index is 0.0245. The second-order valence-electron chi connectivity index (χ2n) is 12.7. The molecule has 0 saturated carbocycles. The first-order chi connectivity index (χ1) is 17.0. The average Bonchev–Trinajstić information content (AvgIpc) is 3.23. The Kier molecular flexibility index (Phi) is 7.78. The molecular formula is C32H47NOSi2. The molecule has 1 atom stereocenters. The van der Waals surface area contributed by atoms with Gasteiger partial charge in [-0.3, -0.25) is 0 Å². The number of benzene rings is 2. The second kappa shape index (κ2) is 10.4. The van der Waals surface area contributed by atoms with Crippen LogP contribution in [0.1, 0.15) is 67.8 Å². The van der Waals surface area contributed by atoms with Crippen LogP contribution < -0.4 is 15.1 Å². The molecule has 0 N–H and O–H groups in total. The molecule has 2 aromatic carbocycles. The molecule has 36 heavy (non-hydrogen) atoms. The van der Waals surface area contributed by atoms with Crippen LogP contribution in [-0.4, -0.2) is 41.5 Å². The summed E-state index contributed by atoms with van der Waals surface area (Å²) in [6.45, 7) is 26.4. The highest BCUT2D eigenvalue weighted by molar-refractivity contribution is 6.92. The molecule has 4 heteroatoms. The predicted molar refractivity (Wildman–Crippen MR) is 164 cm³/mol. The van der Waals surface area contributed by atoms with Crippen molar-refractivity contribution in [2.45, 2.75) is 84.1 Å². The fourth-order valence-corrected chi connectivity index (χ4v) is 12.0. The van der Waals surface area contributed by atoms with Crippen molar-refractivity contribution in [3.63, 3.8) is 0 Å². The average molecular weight is 518 g/mol. The summed E-state index contributed by atoms with van der Waals surface area (Å²) < 4.78 is 6.67. The molecule has 2 nitrogen and oxygen atoms in total. The fraction of sp³-hybridized carbons (Fsp3) is 0.500. The van der Waals surface area contributed by atoms with Crippen molar-refractivity contribution in [2.75, 3.05) is 19.7 Å². The molecule has 1 heterocycles. The van der Waals surface area contributed by atoms with Gasteiger partial charge >= 0.3 is 0 Å². The van der Waals surface area contributed by atoms with Gasteiger partial charge in [0.25, 0.3) is 0 Å². The number of ether oxygens (including phenoxy) is 1. The zero-order chi connectivity index (χ0) is 26.3. The number of hydrogen-bond acceptors (Lipinski definition) is 2. The van der Waals surface area contributed by atoms with E-state index in [2.05, 4.69) is 102 Å². The van der Waals surface area contributed by atoms with Crippen LogP contribution in [0.15, 0.2) is 49.1 Å². The van der Waals surface area contributed by atoms with Crippen molar-refractivity contribution in [1.29, 1.82) is 0 Å². The van der Waals surface area contributed by atoms with E-state index in [9.17, 15) is 0 Å². The topological polar surface area (TPSA) is 12.5 Å². The van der Waals surface area contributed by atoms with Gasteiger partial charge in [-0.05, 0) is 47.9 Å². The highest BCUT2D eigenvalue weighted by Gasteiger charge is 2.43. The summed E-state index contributed by atoms with van der Waals surface area (Å²) >= 11 is 0. The van der Waals surface area contributed by atoms with E-state index in [4.69, 9.17) is 4.74 Å². The van der Waals surface area contributed by atoms with Crippen molar-refractivity contribution < 1.29 is 4.74 Å². The molecule has 0 radical (unpaired) electrons. The Bertz CT molecular complexity index is 1150. The third-order valence-corrected chi connectivity index (χ3v) is 14.0. The molecule has 1 aliphatic carbocycles. The lowest BCUT2D eigenvalue weighted by molar-refractivity contribution is 0.326. The van der Waals surface area contributed by atoms with E-state index in [1.54, 1.807) is 5.19 Å². The van der Waals surface area contributed by atoms with Crippen molar-refractivity contribution in [3.05, 3.63) is 71.3 Å². The van der Waals surface area contributed by atoms with E-state index in [1.807, 2.05) is 6.08 Å². The van der Waals surface area contributed by atoms with Crippen molar-refractivity contribution >= 4 is 32.9 Å². The Morgan fingerprint density at radius 3 is 2.39 bits per heavy atom. The third kappa shape index (κ3) is 4.91. The molecule has 194 valence electrons. The molecule has 0 amide bonds. The normalized spacial score (nSPS) is 18.3. The minimum atomic E-state index is -2.04. The van der Waals surface area contributed by atoms with Gasteiger partial charge in [-0.15, -0.1) is 0 Å². The van der Waals surface area contributed by atoms with Gasteiger partial charge in [-0.2, -0.15) is 0 Å². The van der Waals surface area contributed by atoms with Crippen LogP contribution in [0, 0.1) is 6.92 Å². The van der Waals surface area contributed by atoms with Crippen molar-refractivity contribution in [1.82, 2.24) is 4.90 Å². The molecule has 1 fully saturated rings. The molecule has 4 rings (SSSR count). The fourth-order valence-electron chi connectivity index (χ4n) is 6.59. The third-order valence-electron chi connectivity index (χ3n) is 8.26. The maximum Gasteiger partial charge on any atom is 0.122 e. The molecule has 0 spiro atoms. The molecular weight excluding hydrogens is 471 g/mol. The summed E-state index contributed by atoms with van der Waals surface area (Å²) in [5.41, 5.74) is 7.83. The summed E-state index contributed by atoms with van der Waals surface area (Å²) in [5.74, 6) is 1.16. The standard InChI is InChI=1S/C32H47NOSi2/c1-10-20-34-30-28(21-23(2)31(35(6)7)29(30)32(3,4)5)36(8,9)27-22-26(33-18-14-11-15-19-33)24-16-12-13-17-25(24)27/h10,12-13,16-17,21-22,27,35H,1,11,14-15,18-20H2,2-9H3. The summed E-state index contributed by atoms with van der Waals surface area (Å²) in [6.07, 6.45) is 8.50. The van der Waals surface area contributed by atoms with E-state index in [0.717, 1.165) is 5.75 Å². The van der Waals surface area contributed by atoms with E-state index in [1.165, 1.54) is 65.5 Å². The van der Waals surface area contributed by atoms with Gasteiger partial charge in [-0.1, -0.05) is 107 Å². The Hall–Kier alpha value is -2.05. The minimum Gasteiger partial charge on any atom is -0.489 e. The Morgan fingerprint density at radius 1 is 1.11 bits per heavy atom. The van der Waals surface area contributed by atoms with E-state index in [0.29, 0.717) is 12.1 Å². The van der Waals surface area contributed by atoms with Crippen LogP contribution in [-0.2, 0) is 5.41 Å². The van der Waals surface area contributed by atoms with E-state index < -0.39 is 16.9 Å². The number of likely N-dealkylation sites (tertiary alicyclic amines) is 1. The van der Waals surface area contributed by atoms with Crippen molar-refractivity contribution in [3.8, 4) is 5.75 Å². The van der Waals surface area contributed by atoms with E-state index in [-0.39, 0.29) is 5.41 Å². The van der Waals surface area contributed by atoms with Gasteiger partial charge in [0.1, 0.15) is 12.4 Å². The molecule has 1 unspecified atom stereocenters. The van der Waals surface area contributed by atoms with Gasteiger partial charge in [0, 0.05) is 29.9 Å². The largest absolute Gasteiger partial charge is 0.489 e. The SMILES string of the molecule is C=CCOc1c([Si](C)(C)C2C=C(N3CCCCC3)c3ccccc32)cc(C)c([SiH](C)C)c1C(C)(C)C. The van der Waals surface area contributed by atoms with Crippen LogP contribution >= 0.6 is 0 Å². The van der Waals surface area contributed by atoms with Gasteiger partial charge in [-0.25, -0.2) is 0 Å². The first-order valence-electron chi connectivity index (χ1n) is 14.0. The van der Waals surface area contributed by atoms with Gasteiger partial charge in [0.15, 0.2) is 0 Å². The summed E-state index contributed by atoms with van der Waals surface area (Å²) in [5, 5.41) is 3.06. The van der Waals surface area contributed by atoms with Crippen LogP contribution in [0.3, 0.4) is 0 Å². The van der Waals surface area contributed by atoms with Gasteiger partial charge in [0.2, 0.25) is 0 Å². The lowest BCUT2D eigenvalue weighted by atomic mass is 9.85. The molecule has 0 bridgehead atoms. The number of allylic oxidation sites excluding steroid dienone is 1. The predicted octanol–water partition coefficient (Wildman–Crippen LogP) is 6.63. The number of hydrogen-bond donors (Lipinski definition) is 0. The quantitative estimate of drug-likeness (QED) is 0.302. The first-order valence-corrected chi connectivity index (χ1v) is 19.9. The first kappa shape index (κ1) is 27.0. The summed E-state index contributed by atoms with van der Waals surface area (Å²) in [6, 6.07) is 11.7. The number of piperidine rings is 1. The summed E-state index contributed by atoms with van der Waals surface area (Å²) in [7, 11) is -3.11. The van der Waals surface area contributed by atoms with E-state index >= 15 is 0 Å². The molecule has 1 saturated heterocycles. The zero-order valence-corrected chi connectivity index (χ0v) is 26.2. The number of aryl methyl sites for hydroxylation is 1. The zero-order valence-electron chi connectivity index (χ0n) is 24.0.